The zero-order valence-electron chi connectivity index (χ0n) is 47.6. The highest BCUT2D eigenvalue weighted by molar-refractivity contribution is 7.85. The van der Waals surface area contributed by atoms with Gasteiger partial charge in [-0.3, -0.25) is 14.1 Å². The molecule has 3 rings (SSSR count). The Kier molecular flexibility index (Phi) is 29.6. The number of hydrogen-bond donors (Lipinski definition) is 6. The Morgan fingerprint density at radius 1 is 0.712 bits per heavy atom. The van der Waals surface area contributed by atoms with Gasteiger partial charge in [0.05, 0.1) is 53.4 Å². The molecule has 0 amide bonds. The minimum absolute atomic E-state index is 0.0779. The fourth-order valence-corrected chi connectivity index (χ4v) is 11.8. The van der Waals surface area contributed by atoms with E-state index >= 15 is 0 Å². The van der Waals surface area contributed by atoms with Crippen LogP contribution in [0, 0.1) is 23.7 Å². The fourth-order valence-electron chi connectivity index (χ4n) is 11.2. The summed E-state index contributed by atoms with van der Waals surface area (Å²) >= 11 is 0. The number of aliphatic hydroxyl groups is 5. The van der Waals surface area contributed by atoms with Crippen molar-refractivity contribution in [3.05, 3.63) is 0 Å². The predicted molar refractivity (Wildman–Crippen MR) is 282 cm³/mol. The van der Waals surface area contributed by atoms with Crippen LogP contribution in [0.1, 0.15) is 205 Å². The molecule has 3 saturated heterocycles. The molecule has 73 heavy (non-hydrogen) atoms. The van der Waals surface area contributed by atoms with E-state index in [0.29, 0.717) is 12.8 Å². The van der Waals surface area contributed by atoms with E-state index in [1.54, 1.807) is 41.5 Å². The minimum atomic E-state index is -3.74. The molecular weight excluding hydrogens is 963 g/mol. The Bertz CT molecular complexity index is 1680. The second-order valence-electron chi connectivity index (χ2n) is 23.1. The summed E-state index contributed by atoms with van der Waals surface area (Å²) < 4.78 is 66.7. The van der Waals surface area contributed by atoms with Crippen LogP contribution in [-0.2, 0) is 48.1 Å². The lowest BCUT2D eigenvalue weighted by Crippen LogP contribution is -2.61. The number of cyclic esters (lactones) is 1. The first kappa shape index (κ1) is 67.7. The first-order valence-electron chi connectivity index (χ1n) is 28.0. The molecule has 18 atom stereocenters. The molecule has 0 aliphatic carbocycles. The molecule has 432 valence electrons. The molecule has 0 unspecified atom stereocenters. The van der Waals surface area contributed by atoms with Gasteiger partial charge in [0.25, 0.3) is 10.1 Å². The van der Waals surface area contributed by atoms with Gasteiger partial charge in [-0.25, -0.2) is 0 Å². The zero-order valence-corrected chi connectivity index (χ0v) is 48.4. The van der Waals surface area contributed by atoms with E-state index in [0.717, 1.165) is 12.8 Å². The molecule has 0 aromatic carbocycles. The fraction of sp³-hybridized carbons (Fsp3) is 0.964. The first-order chi connectivity index (χ1) is 34.0. The number of unbranched alkanes of at least 4 members (excludes halogenated alkanes) is 15. The predicted octanol–water partition coefficient (Wildman–Crippen LogP) is 7.92. The van der Waals surface area contributed by atoms with E-state index in [4.69, 9.17) is 33.0 Å². The Morgan fingerprint density at radius 3 is 1.68 bits per heavy atom. The van der Waals surface area contributed by atoms with Gasteiger partial charge >= 0.3 is 5.97 Å². The van der Waals surface area contributed by atoms with Crippen molar-refractivity contribution in [1.82, 2.24) is 4.90 Å². The topological polar surface area (TPSA) is 248 Å². The lowest BCUT2D eigenvalue weighted by atomic mass is 9.74. The molecule has 0 bridgehead atoms. The second-order valence-corrected chi connectivity index (χ2v) is 24.6. The number of hydrogen-bond acceptors (Lipinski definition) is 16. The number of esters is 1. The first-order valence-corrected chi connectivity index (χ1v) is 29.6. The molecule has 3 fully saturated rings. The van der Waals surface area contributed by atoms with Crippen LogP contribution in [0.15, 0.2) is 0 Å². The number of nitrogens with zero attached hydrogens (tertiary/aromatic N) is 1. The number of methoxy groups -OCH3 is 1. The third kappa shape index (κ3) is 21.4. The quantitative estimate of drug-likeness (QED) is 0.0305. The van der Waals surface area contributed by atoms with Gasteiger partial charge < -0.3 is 58.9 Å². The van der Waals surface area contributed by atoms with Crippen molar-refractivity contribution in [2.75, 3.05) is 27.0 Å². The molecule has 3 aliphatic rings. The van der Waals surface area contributed by atoms with Crippen molar-refractivity contribution in [3.8, 4) is 0 Å². The summed E-state index contributed by atoms with van der Waals surface area (Å²) in [5.41, 5.74) is -4.84. The summed E-state index contributed by atoms with van der Waals surface area (Å²) in [6.45, 7) is 18.6. The summed E-state index contributed by atoms with van der Waals surface area (Å²) in [7, 11) is 1.43. The highest BCUT2D eigenvalue weighted by Gasteiger charge is 2.53. The number of carbonyl (C=O) groups is 2. The summed E-state index contributed by atoms with van der Waals surface area (Å²) in [6, 6.07) is -0.324. The molecule has 18 heteroatoms. The van der Waals surface area contributed by atoms with E-state index in [-0.39, 0.29) is 37.2 Å². The van der Waals surface area contributed by atoms with E-state index in [1.165, 1.54) is 111 Å². The molecule has 3 heterocycles. The van der Waals surface area contributed by atoms with Crippen molar-refractivity contribution in [3.63, 3.8) is 0 Å². The van der Waals surface area contributed by atoms with Crippen LogP contribution in [0.3, 0.4) is 0 Å². The number of aliphatic hydroxyl groups excluding tert-OH is 3. The standard InChI is InChI=1S/C37H67NO13.C18H38O3S/c1-14-25-37(10,45)30(41)20(4)27(39)18(2)16-35(8,44)32(51-34-28(40)24(38(11)12)15-19(3)47-34)21(5)29(22(6)33(43)49-25)50-26-17-36(9,46-13)31(42)23(7)48-26;1-2-3-4-5-6-7-8-9-10-11-12-13-14-15-16-17-18-22(19,20)21/h18-26,28-32,34,40-42,44-45H,14-17H2,1-13H3;2-18H2,1H3,(H,19,20,21)/t18-,19-,20+,21-,22-,23+,24+,25-,26+,28-,29+,30+,31+,32-,34+,35-,36-,37-;/m1./s1. The Hall–Kier alpha value is -1.39. The number of Topliss-reactive ketones (excluding diaryl/α,β-unsaturated/α-hetero) is 1. The average molecular weight is 1070 g/mol. The van der Waals surface area contributed by atoms with Crippen LogP contribution in [0.5, 0.6) is 0 Å². The average Bonchev–Trinajstić information content (AvgIpc) is 3.31. The van der Waals surface area contributed by atoms with Gasteiger partial charge in [-0.15, -0.1) is 0 Å². The van der Waals surface area contributed by atoms with Gasteiger partial charge in [-0.2, -0.15) is 8.42 Å². The van der Waals surface area contributed by atoms with Crippen molar-refractivity contribution in [1.29, 1.82) is 0 Å². The SMILES string of the molecule is CCCCCCCCCCCCCCCCCCS(=O)(=O)O.CC[C@H]1OC(=O)[C@H](C)[C@@H](O[C@H]2C[C@@](C)(OC)[C@@H](O)[C@H](C)O2)[C@@H](C)[C@@H](O[C@@H]2O[C@H](C)C[C@H](N(C)C)[C@H]2O)[C@](C)(O)C[C@@H](C)C(=O)[C@H](C)[C@H](O)[C@]1(C)O. The summed E-state index contributed by atoms with van der Waals surface area (Å²) in [5, 5.41) is 57.6. The second kappa shape index (κ2) is 31.9. The Balaban J connectivity index is 0.000000696. The van der Waals surface area contributed by atoms with Crippen molar-refractivity contribution >= 4 is 21.9 Å². The monoisotopic (exact) mass is 1070 g/mol. The van der Waals surface area contributed by atoms with E-state index in [2.05, 4.69) is 6.92 Å². The van der Waals surface area contributed by atoms with Gasteiger partial charge in [0.1, 0.15) is 29.7 Å². The lowest BCUT2D eigenvalue weighted by Gasteiger charge is -2.49. The molecule has 0 aromatic rings. The molecule has 6 N–H and O–H groups in total. The summed E-state index contributed by atoms with van der Waals surface area (Å²) in [5.74, 6) is -5.05. The Morgan fingerprint density at radius 2 is 1.22 bits per heavy atom. The van der Waals surface area contributed by atoms with Crippen LogP contribution in [0.2, 0.25) is 0 Å². The van der Waals surface area contributed by atoms with Gasteiger partial charge in [0.2, 0.25) is 0 Å². The maximum absolute atomic E-state index is 14.1. The lowest BCUT2D eigenvalue weighted by molar-refractivity contribution is -0.318. The number of ether oxygens (including phenoxy) is 6. The molecule has 3 aliphatic heterocycles. The van der Waals surface area contributed by atoms with Gasteiger partial charge in [-0.1, -0.05) is 131 Å². The maximum Gasteiger partial charge on any atom is 0.311 e. The number of carbonyl (C=O) groups excluding carboxylic acids is 2. The largest absolute Gasteiger partial charge is 0.459 e. The van der Waals surface area contributed by atoms with Crippen LogP contribution in [0.25, 0.3) is 0 Å². The van der Waals surface area contributed by atoms with Crippen molar-refractivity contribution < 1.29 is 76.5 Å². The van der Waals surface area contributed by atoms with Crippen LogP contribution >= 0.6 is 0 Å². The van der Waals surface area contributed by atoms with E-state index < -0.39 is 118 Å². The van der Waals surface area contributed by atoms with Crippen LogP contribution < -0.4 is 0 Å². The summed E-state index contributed by atoms with van der Waals surface area (Å²) in [4.78, 5) is 29.8. The van der Waals surface area contributed by atoms with Crippen molar-refractivity contribution in [2.24, 2.45) is 23.7 Å². The highest BCUT2D eigenvalue weighted by Crippen LogP contribution is 2.41. The molecule has 0 saturated carbocycles. The van der Waals surface area contributed by atoms with E-state index in [1.807, 2.05) is 25.9 Å². The highest BCUT2D eigenvalue weighted by atomic mass is 32.2. The number of rotatable bonds is 24. The number of likely N-dealkylation sites (N-methyl/N-ethyl adjacent to an activating group) is 1. The molecule has 0 aromatic heterocycles. The van der Waals surface area contributed by atoms with Gasteiger partial charge in [0.15, 0.2) is 12.6 Å². The maximum atomic E-state index is 14.1. The van der Waals surface area contributed by atoms with Crippen molar-refractivity contribution in [2.45, 2.75) is 289 Å². The van der Waals surface area contributed by atoms with Gasteiger partial charge in [-0.05, 0) is 81.3 Å². The van der Waals surface area contributed by atoms with Crippen LogP contribution in [0.4, 0.5) is 0 Å². The minimum Gasteiger partial charge on any atom is -0.459 e. The molecule has 0 radical (unpaired) electrons. The normalized spacial score (nSPS) is 38.3. The molecular formula is C55H105NO16S. The third-order valence-corrected chi connectivity index (χ3v) is 16.9. The Labute approximate surface area is 441 Å². The third-order valence-electron chi connectivity index (χ3n) is 16.1. The molecule has 17 nitrogen and oxygen atoms in total. The zero-order chi connectivity index (χ0) is 55.5. The molecule has 0 spiro atoms. The summed E-state index contributed by atoms with van der Waals surface area (Å²) in [6.07, 6.45) is 10.6. The smallest absolute Gasteiger partial charge is 0.311 e. The van der Waals surface area contributed by atoms with Crippen LogP contribution in [-0.4, -0.2) is 166 Å². The number of ketones is 1. The van der Waals surface area contributed by atoms with E-state index in [9.17, 15) is 43.5 Å². The van der Waals surface area contributed by atoms with Gasteiger partial charge in [0, 0.05) is 37.3 Å².